The Morgan fingerprint density at radius 1 is 1.26 bits per heavy atom. The average molecular weight is 333 g/mol. The molecule has 0 aromatic heterocycles. The lowest BCUT2D eigenvalue weighted by Gasteiger charge is -2.26. The Morgan fingerprint density at radius 2 is 2.00 bits per heavy atom. The summed E-state index contributed by atoms with van der Waals surface area (Å²) in [5, 5.41) is 8.74. The van der Waals surface area contributed by atoms with Crippen molar-refractivity contribution >= 4 is 10.0 Å². The van der Waals surface area contributed by atoms with Crippen molar-refractivity contribution in [3.8, 4) is 6.07 Å². The minimum absolute atomic E-state index is 0.127. The van der Waals surface area contributed by atoms with Gasteiger partial charge in [0.25, 0.3) is 0 Å². The van der Waals surface area contributed by atoms with Crippen molar-refractivity contribution < 1.29 is 8.42 Å². The van der Waals surface area contributed by atoms with Gasteiger partial charge in [0.15, 0.2) is 0 Å². The van der Waals surface area contributed by atoms with Crippen LogP contribution in [0.5, 0.6) is 0 Å². The molecule has 2 fully saturated rings. The second-order valence-corrected chi connectivity index (χ2v) is 8.68. The van der Waals surface area contributed by atoms with Crippen molar-refractivity contribution in [2.45, 2.75) is 37.5 Å². The van der Waals surface area contributed by atoms with Gasteiger partial charge in [0.2, 0.25) is 10.0 Å². The largest absolute Gasteiger partial charge is 0.295 e. The number of rotatable bonds is 4. The summed E-state index contributed by atoms with van der Waals surface area (Å²) in [4.78, 5) is 2.22. The SMILES string of the molecule is C[C@H](c1cccc(C#N)c1)N1CC[C@H](S(=O)(=O)N2CCCC2)C1. The van der Waals surface area contributed by atoms with E-state index in [9.17, 15) is 8.42 Å². The van der Waals surface area contributed by atoms with Crippen LogP contribution < -0.4 is 0 Å². The highest BCUT2D eigenvalue weighted by atomic mass is 32.2. The fourth-order valence-corrected chi connectivity index (χ4v) is 5.55. The van der Waals surface area contributed by atoms with E-state index in [0.717, 1.165) is 24.9 Å². The number of likely N-dealkylation sites (tertiary alicyclic amines) is 1. The Hall–Kier alpha value is -1.42. The molecule has 2 aliphatic rings. The molecule has 0 amide bonds. The highest BCUT2D eigenvalue weighted by Crippen LogP contribution is 2.30. The molecule has 2 atom stereocenters. The molecule has 0 unspecified atom stereocenters. The monoisotopic (exact) mass is 333 g/mol. The van der Waals surface area contributed by atoms with Crippen LogP contribution in [0.4, 0.5) is 0 Å². The molecule has 1 aromatic rings. The third kappa shape index (κ3) is 3.27. The number of sulfonamides is 1. The molecule has 3 rings (SSSR count). The number of hydrogen-bond acceptors (Lipinski definition) is 4. The normalized spacial score (nSPS) is 24.6. The van der Waals surface area contributed by atoms with Crippen LogP contribution in [0.3, 0.4) is 0 Å². The van der Waals surface area contributed by atoms with Crippen LogP contribution in [-0.4, -0.2) is 49.1 Å². The maximum Gasteiger partial charge on any atom is 0.218 e. The molecule has 124 valence electrons. The zero-order valence-corrected chi connectivity index (χ0v) is 14.3. The molecule has 2 aliphatic heterocycles. The van der Waals surface area contributed by atoms with E-state index in [-0.39, 0.29) is 11.3 Å². The molecule has 0 N–H and O–H groups in total. The first-order valence-corrected chi connectivity index (χ1v) is 9.76. The summed E-state index contributed by atoms with van der Waals surface area (Å²) >= 11 is 0. The van der Waals surface area contributed by atoms with Gasteiger partial charge in [-0.05, 0) is 43.9 Å². The fraction of sp³-hybridized carbons (Fsp3) is 0.588. The Labute approximate surface area is 138 Å². The third-order valence-electron chi connectivity index (χ3n) is 5.07. The molecule has 0 saturated carbocycles. The van der Waals surface area contributed by atoms with Crippen LogP contribution >= 0.6 is 0 Å². The Kier molecular flexibility index (Phi) is 4.72. The smallest absolute Gasteiger partial charge is 0.218 e. The fourth-order valence-electron chi connectivity index (χ4n) is 3.58. The molecule has 6 heteroatoms. The lowest BCUT2D eigenvalue weighted by molar-refractivity contribution is 0.263. The van der Waals surface area contributed by atoms with Crippen LogP contribution in [0.2, 0.25) is 0 Å². The van der Waals surface area contributed by atoms with Gasteiger partial charge in [-0.3, -0.25) is 4.90 Å². The van der Waals surface area contributed by atoms with Gasteiger partial charge in [-0.2, -0.15) is 5.26 Å². The van der Waals surface area contributed by atoms with Crippen molar-refractivity contribution in [2.75, 3.05) is 26.2 Å². The maximum absolute atomic E-state index is 12.7. The van der Waals surface area contributed by atoms with Crippen molar-refractivity contribution in [1.82, 2.24) is 9.21 Å². The van der Waals surface area contributed by atoms with E-state index in [2.05, 4.69) is 17.9 Å². The quantitative estimate of drug-likeness (QED) is 0.846. The molecule has 5 nitrogen and oxygen atoms in total. The lowest BCUT2D eigenvalue weighted by atomic mass is 10.0. The van der Waals surface area contributed by atoms with E-state index in [4.69, 9.17) is 5.26 Å². The average Bonchev–Trinajstić information content (AvgIpc) is 3.26. The molecule has 23 heavy (non-hydrogen) atoms. The van der Waals surface area contributed by atoms with Gasteiger partial charge in [-0.15, -0.1) is 0 Å². The van der Waals surface area contributed by atoms with E-state index in [1.54, 1.807) is 10.4 Å². The zero-order chi connectivity index (χ0) is 16.4. The number of nitriles is 1. The van der Waals surface area contributed by atoms with Gasteiger partial charge < -0.3 is 0 Å². The molecule has 0 bridgehead atoms. The van der Waals surface area contributed by atoms with Gasteiger partial charge >= 0.3 is 0 Å². The molecule has 2 heterocycles. The predicted molar refractivity (Wildman–Crippen MR) is 89.3 cm³/mol. The van der Waals surface area contributed by atoms with Crippen molar-refractivity contribution in [1.29, 1.82) is 5.26 Å². The summed E-state index contributed by atoms with van der Waals surface area (Å²) in [6, 6.07) is 9.87. The Morgan fingerprint density at radius 3 is 2.70 bits per heavy atom. The molecule has 0 aliphatic carbocycles. The van der Waals surface area contributed by atoms with Gasteiger partial charge in [0, 0.05) is 32.2 Å². The number of benzene rings is 1. The zero-order valence-electron chi connectivity index (χ0n) is 13.5. The first-order valence-electron chi connectivity index (χ1n) is 8.25. The number of hydrogen-bond donors (Lipinski definition) is 0. The summed E-state index contributed by atoms with van der Waals surface area (Å²) in [5.41, 5.74) is 1.72. The summed E-state index contributed by atoms with van der Waals surface area (Å²) in [6.45, 7) is 4.81. The summed E-state index contributed by atoms with van der Waals surface area (Å²) < 4.78 is 27.1. The topological polar surface area (TPSA) is 64.4 Å². The standard InChI is InChI=1S/C17H23N3O2S/c1-14(16-6-4-5-15(11-16)12-18)19-10-7-17(13-19)23(21,22)20-8-2-3-9-20/h4-6,11,14,17H,2-3,7-10,13H2,1H3/t14-,17+/m1/s1. The predicted octanol–water partition coefficient (Wildman–Crippen LogP) is 2.12. The first kappa shape index (κ1) is 16.4. The minimum atomic E-state index is -3.16. The third-order valence-corrected chi connectivity index (χ3v) is 7.38. The van der Waals surface area contributed by atoms with Crippen LogP contribution in [0.25, 0.3) is 0 Å². The van der Waals surface area contributed by atoms with Crippen molar-refractivity contribution in [2.24, 2.45) is 0 Å². The lowest BCUT2D eigenvalue weighted by Crippen LogP contribution is -2.38. The van der Waals surface area contributed by atoms with E-state index in [1.807, 2.05) is 18.2 Å². The Bertz CT molecular complexity index is 705. The molecular formula is C17H23N3O2S. The summed E-state index contributed by atoms with van der Waals surface area (Å²) in [7, 11) is -3.16. The van der Waals surface area contributed by atoms with Gasteiger partial charge in [0.1, 0.15) is 0 Å². The van der Waals surface area contributed by atoms with Crippen LogP contribution in [-0.2, 0) is 10.0 Å². The summed E-state index contributed by atoms with van der Waals surface area (Å²) in [6.07, 6.45) is 2.65. The maximum atomic E-state index is 12.7. The highest BCUT2D eigenvalue weighted by molar-refractivity contribution is 7.89. The van der Waals surface area contributed by atoms with E-state index >= 15 is 0 Å². The molecule has 1 aromatic carbocycles. The highest BCUT2D eigenvalue weighted by Gasteiger charge is 2.39. The van der Waals surface area contributed by atoms with Gasteiger partial charge in [-0.1, -0.05) is 12.1 Å². The van der Waals surface area contributed by atoms with E-state index in [0.29, 0.717) is 31.6 Å². The van der Waals surface area contributed by atoms with Gasteiger partial charge in [0.05, 0.1) is 16.9 Å². The second-order valence-electron chi connectivity index (χ2n) is 6.47. The number of nitrogens with zero attached hydrogens (tertiary/aromatic N) is 3. The van der Waals surface area contributed by atoms with Gasteiger partial charge in [-0.25, -0.2) is 12.7 Å². The Balaban J connectivity index is 1.70. The van der Waals surface area contributed by atoms with E-state index in [1.165, 1.54) is 0 Å². The molecule has 0 radical (unpaired) electrons. The second kappa shape index (κ2) is 6.60. The molecular weight excluding hydrogens is 310 g/mol. The van der Waals surface area contributed by atoms with Crippen molar-refractivity contribution in [3.63, 3.8) is 0 Å². The van der Waals surface area contributed by atoms with Crippen LogP contribution in [0.1, 0.15) is 43.4 Å². The van der Waals surface area contributed by atoms with Crippen LogP contribution in [0.15, 0.2) is 24.3 Å². The summed E-state index contributed by atoms with van der Waals surface area (Å²) in [5.74, 6) is 0. The molecule has 0 spiro atoms. The van der Waals surface area contributed by atoms with E-state index < -0.39 is 10.0 Å². The first-order chi connectivity index (χ1) is 11.0. The van der Waals surface area contributed by atoms with Crippen LogP contribution in [0, 0.1) is 11.3 Å². The van der Waals surface area contributed by atoms with Crippen molar-refractivity contribution in [3.05, 3.63) is 35.4 Å². The molecule has 2 saturated heterocycles. The minimum Gasteiger partial charge on any atom is -0.295 e.